The number of hydrazine groups is 1. The molecule has 0 saturated carbocycles. The Kier molecular flexibility index (Phi) is 5.22. The van der Waals surface area contributed by atoms with E-state index in [1.807, 2.05) is 0 Å². The molecule has 0 fully saturated rings. The quantitative estimate of drug-likeness (QED) is 0.779. The minimum atomic E-state index is -0.279. The molecular weight excluding hydrogens is 231 g/mol. The molecule has 5 heteroatoms. The molecule has 0 aliphatic carbocycles. The third-order valence-electron chi connectivity index (χ3n) is 2.12. The first-order valence-corrected chi connectivity index (χ1v) is 5.41. The second-order valence-corrected chi connectivity index (χ2v) is 3.82. The van der Waals surface area contributed by atoms with E-state index in [2.05, 4.69) is 10.9 Å². The van der Waals surface area contributed by atoms with Crippen molar-refractivity contribution in [2.75, 3.05) is 7.05 Å². The number of amides is 1. The van der Waals surface area contributed by atoms with Crippen molar-refractivity contribution in [3.63, 3.8) is 0 Å². The van der Waals surface area contributed by atoms with Crippen molar-refractivity contribution in [2.45, 2.75) is 19.3 Å². The molecule has 0 spiro atoms. The molecule has 1 aromatic carbocycles. The Balaban J connectivity index is 2.42. The van der Waals surface area contributed by atoms with E-state index >= 15 is 0 Å². The molecule has 0 aliphatic heterocycles. The topological polar surface area (TPSA) is 41.1 Å². The summed E-state index contributed by atoms with van der Waals surface area (Å²) in [6.45, 7) is 0. The van der Waals surface area contributed by atoms with Gasteiger partial charge in [0.15, 0.2) is 0 Å². The number of halogens is 2. The van der Waals surface area contributed by atoms with Crippen LogP contribution >= 0.6 is 11.6 Å². The molecule has 88 valence electrons. The highest BCUT2D eigenvalue weighted by Crippen LogP contribution is 2.16. The van der Waals surface area contributed by atoms with Gasteiger partial charge in [-0.1, -0.05) is 11.6 Å². The summed E-state index contributed by atoms with van der Waals surface area (Å²) in [5.41, 5.74) is 5.54. The van der Waals surface area contributed by atoms with Crippen LogP contribution in [0.2, 0.25) is 5.02 Å². The molecule has 16 heavy (non-hydrogen) atoms. The van der Waals surface area contributed by atoms with Gasteiger partial charge in [-0.3, -0.25) is 10.2 Å². The predicted octanol–water partition coefficient (Wildman–Crippen LogP) is 2.05. The van der Waals surface area contributed by atoms with Gasteiger partial charge in [-0.2, -0.15) is 0 Å². The highest BCUT2D eigenvalue weighted by molar-refractivity contribution is 6.30. The number of carbonyl (C=O) groups is 1. The molecule has 0 heterocycles. The van der Waals surface area contributed by atoms with E-state index in [4.69, 9.17) is 11.6 Å². The molecule has 1 rings (SSSR count). The molecular formula is C11H14ClFN2O. The van der Waals surface area contributed by atoms with Gasteiger partial charge in [0.1, 0.15) is 5.82 Å². The van der Waals surface area contributed by atoms with Gasteiger partial charge in [-0.25, -0.2) is 9.82 Å². The fourth-order valence-electron chi connectivity index (χ4n) is 1.38. The maximum Gasteiger partial charge on any atom is 0.234 e. The largest absolute Gasteiger partial charge is 0.292 e. The molecule has 1 amide bonds. The van der Waals surface area contributed by atoms with Crippen molar-refractivity contribution in [3.05, 3.63) is 34.6 Å². The Morgan fingerprint density at radius 2 is 2.25 bits per heavy atom. The monoisotopic (exact) mass is 244 g/mol. The molecule has 0 aliphatic rings. The standard InChI is InChI=1S/C11H14ClFN2O/c1-14-15-11(16)4-2-3-8-7-9(12)5-6-10(8)13/h5-7,14H,2-4H2,1H3,(H,15,16). The lowest BCUT2D eigenvalue weighted by molar-refractivity contribution is -0.122. The van der Waals surface area contributed by atoms with Gasteiger partial charge in [0.05, 0.1) is 0 Å². The summed E-state index contributed by atoms with van der Waals surface area (Å²) >= 11 is 5.75. The maximum absolute atomic E-state index is 13.3. The lowest BCUT2D eigenvalue weighted by Crippen LogP contribution is -2.33. The molecule has 1 aromatic rings. The summed E-state index contributed by atoms with van der Waals surface area (Å²) in [5, 5.41) is 0.510. The van der Waals surface area contributed by atoms with Crippen LogP contribution in [0, 0.1) is 5.82 Å². The van der Waals surface area contributed by atoms with Crippen molar-refractivity contribution >= 4 is 17.5 Å². The predicted molar refractivity (Wildman–Crippen MR) is 61.6 cm³/mol. The zero-order valence-corrected chi connectivity index (χ0v) is 9.77. The fourth-order valence-corrected chi connectivity index (χ4v) is 1.57. The molecule has 0 bridgehead atoms. The zero-order chi connectivity index (χ0) is 12.0. The van der Waals surface area contributed by atoms with Crippen molar-refractivity contribution in [1.82, 2.24) is 10.9 Å². The second kappa shape index (κ2) is 6.45. The number of rotatable bonds is 5. The molecule has 0 saturated heterocycles. The van der Waals surface area contributed by atoms with Crippen LogP contribution in [-0.2, 0) is 11.2 Å². The number of nitrogens with one attached hydrogen (secondary N) is 2. The smallest absolute Gasteiger partial charge is 0.234 e. The first-order valence-electron chi connectivity index (χ1n) is 5.03. The highest BCUT2D eigenvalue weighted by Gasteiger charge is 2.05. The third-order valence-corrected chi connectivity index (χ3v) is 2.36. The van der Waals surface area contributed by atoms with Crippen LogP contribution < -0.4 is 10.9 Å². The van der Waals surface area contributed by atoms with Crippen molar-refractivity contribution in [1.29, 1.82) is 0 Å². The van der Waals surface area contributed by atoms with E-state index < -0.39 is 0 Å². The highest BCUT2D eigenvalue weighted by atomic mass is 35.5. The molecule has 2 N–H and O–H groups in total. The van der Waals surface area contributed by atoms with Gasteiger partial charge in [0.2, 0.25) is 5.91 Å². The van der Waals surface area contributed by atoms with Crippen LogP contribution in [0.4, 0.5) is 4.39 Å². The third kappa shape index (κ3) is 4.16. The van der Waals surface area contributed by atoms with Gasteiger partial charge in [-0.05, 0) is 36.6 Å². The van der Waals surface area contributed by atoms with Gasteiger partial charge in [-0.15, -0.1) is 0 Å². The average Bonchev–Trinajstić information content (AvgIpc) is 2.23. The van der Waals surface area contributed by atoms with Crippen LogP contribution in [0.3, 0.4) is 0 Å². The molecule has 0 radical (unpaired) electrons. The summed E-state index contributed by atoms with van der Waals surface area (Å²) in [7, 11) is 1.62. The van der Waals surface area contributed by atoms with E-state index in [-0.39, 0.29) is 11.7 Å². The number of hydrogen-bond donors (Lipinski definition) is 2. The summed E-state index contributed by atoms with van der Waals surface area (Å²) in [4.78, 5) is 11.1. The molecule has 0 aromatic heterocycles. The first kappa shape index (κ1) is 12.9. The Bertz CT molecular complexity index is 371. The summed E-state index contributed by atoms with van der Waals surface area (Å²) < 4.78 is 13.3. The lowest BCUT2D eigenvalue weighted by atomic mass is 10.1. The zero-order valence-electron chi connectivity index (χ0n) is 9.02. The van der Waals surface area contributed by atoms with Crippen molar-refractivity contribution < 1.29 is 9.18 Å². The van der Waals surface area contributed by atoms with E-state index in [1.54, 1.807) is 13.1 Å². The Labute approximate surface area is 99.0 Å². The fraction of sp³-hybridized carbons (Fsp3) is 0.364. The molecule has 3 nitrogen and oxygen atoms in total. The normalized spacial score (nSPS) is 10.2. The van der Waals surface area contributed by atoms with Gasteiger partial charge >= 0.3 is 0 Å². The average molecular weight is 245 g/mol. The van der Waals surface area contributed by atoms with Crippen LogP contribution in [-0.4, -0.2) is 13.0 Å². The van der Waals surface area contributed by atoms with E-state index in [0.29, 0.717) is 29.8 Å². The van der Waals surface area contributed by atoms with Gasteiger partial charge in [0.25, 0.3) is 0 Å². The van der Waals surface area contributed by atoms with Gasteiger partial charge < -0.3 is 0 Å². The summed E-state index contributed by atoms with van der Waals surface area (Å²) in [6, 6.07) is 4.44. The number of aryl methyl sites for hydroxylation is 1. The van der Waals surface area contributed by atoms with E-state index in [1.165, 1.54) is 12.1 Å². The molecule has 0 unspecified atom stereocenters. The minimum absolute atomic E-state index is 0.107. The Hall–Kier alpha value is -1.13. The number of hydrogen-bond acceptors (Lipinski definition) is 2. The minimum Gasteiger partial charge on any atom is -0.292 e. The van der Waals surface area contributed by atoms with Crippen molar-refractivity contribution in [3.8, 4) is 0 Å². The Morgan fingerprint density at radius 3 is 2.94 bits per heavy atom. The lowest BCUT2D eigenvalue weighted by Gasteiger charge is -2.04. The SMILES string of the molecule is CNNC(=O)CCCc1cc(Cl)ccc1F. The Morgan fingerprint density at radius 1 is 1.50 bits per heavy atom. The van der Waals surface area contributed by atoms with E-state index in [9.17, 15) is 9.18 Å². The number of carbonyl (C=O) groups excluding carboxylic acids is 1. The maximum atomic E-state index is 13.3. The summed E-state index contributed by atoms with van der Waals surface area (Å²) in [6.07, 6.45) is 1.45. The van der Waals surface area contributed by atoms with E-state index in [0.717, 1.165) is 0 Å². The van der Waals surface area contributed by atoms with Gasteiger partial charge in [0, 0.05) is 18.5 Å². The van der Waals surface area contributed by atoms with Crippen LogP contribution in [0.25, 0.3) is 0 Å². The van der Waals surface area contributed by atoms with Crippen LogP contribution in [0.5, 0.6) is 0 Å². The second-order valence-electron chi connectivity index (χ2n) is 3.39. The molecule has 0 atom stereocenters. The van der Waals surface area contributed by atoms with Crippen molar-refractivity contribution in [2.24, 2.45) is 0 Å². The number of benzene rings is 1. The van der Waals surface area contributed by atoms with Crippen LogP contribution in [0.15, 0.2) is 18.2 Å². The first-order chi connectivity index (χ1) is 7.63. The van der Waals surface area contributed by atoms with Crippen LogP contribution in [0.1, 0.15) is 18.4 Å². The summed E-state index contributed by atoms with van der Waals surface area (Å²) in [5.74, 6) is -0.386.